The van der Waals surface area contributed by atoms with Crippen molar-refractivity contribution < 1.29 is 14.4 Å². The van der Waals surface area contributed by atoms with Gasteiger partial charge in [0.25, 0.3) is 5.91 Å². The van der Waals surface area contributed by atoms with Gasteiger partial charge in [-0.2, -0.15) is 5.26 Å². The lowest BCUT2D eigenvalue weighted by Crippen LogP contribution is -2.48. The van der Waals surface area contributed by atoms with E-state index in [0.717, 1.165) is 44.1 Å². The van der Waals surface area contributed by atoms with E-state index >= 15 is 0 Å². The topological polar surface area (TPSA) is 90.3 Å². The fourth-order valence-corrected chi connectivity index (χ4v) is 5.64. The fourth-order valence-electron chi connectivity index (χ4n) is 5.64. The van der Waals surface area contributed by atoms with Gasteiger partial charge in [0.15, 0.2) is 5.78 Å². The molecule has 0 aromatic heterocycles. The summed E-state index contributed by atoms with van der Waals surface area (Å²) in [6.07, 6.45) is 8.56. The van der Waals surface area contributed by atoms with Crippen LogP contribution in [0.2, 0.25) is 0 Å². The zero-order valence-electron chi connectivity index (χ0n) is 20.5. The Kier molecular flexibility index (Phi) is 7.40. The summed E-state index contributed by atoms with van der Waals surface area (Å²) in [4.78, 5) is 40.9. The molecular formula is C28H37N3O3. The Hall–Kier alpha value is -2.68. The maximum atomic E-state index is 13.2. The van der Waals surface area contributed by atoms with Gasteiger partial charge in [0.05, 0.1) is 12.1 Å². The van der Waals surface area contributed by atoms with E-state index < -0.39 is 11.5 Å². The molecular weight excluding hydrogens is 426 g/mol. The van der Waals surface area contributed by atoms with E-state index in [-0.39, 0.29) is 35.4 Å². The van der Waals surface area contributed by atoms with Crippen LogP contribution in [-0.4, -0.2) is 41.6 Å². The van der Waals surface area contributed by atoms with E-state index in [4.69, 9.17) is 0 Å². The maximum Gasteiger partial charge on any atom is 0.251 e. The molecule has 3 aliphatic rings. The van der Waals surface area contributed by atoms with Crippen LogP contribution in [0.15, 0.2) is 24.3 Å². The molecule has 4 rings (SSSR count). The zero-order chi connectivity index (χ0) is 24.3. The van der Waals surface area contributed by atoms with Crippen molar-refractivity contribution in [3.63, 3.8) is 0 Å². The normalized spacial score (nSPS) is 23.1. The van der Waals surface area contributed by atoms with Crippen LogP contribution in [0.1, 0.15) is 93.5 Å². The van der Waals surface area contributed by atoms with Gasteiger partial charge in [0, 0.05) is 30.5 Å². The van der Waals surface area contributed by atoms with Crippen LogP contribution < -0.4 is 5.32 Å². The first kappa shape index (κ1) is 24.4. The average Bonchev–Trinajstić information content (AvgIpc) is 3.68. The molecule has 6 nitrogen and oxygen atoms in total. The summed E-state index contributed by atoms with van der Waals surface area (Å²) in [5, 5.41) is 12.5. The number of likely N-dealkylation sites (tertiary alicyclic amines) is 1. The van der Waals surface area contributed by atoms with Crippen molar-refractivity contribution >= 4 is 17.6 Å². The molecule has 1 N–H and O–H groups in total. The van der Waals surface area contributed by atoms with E-state index in [9.17, 15) is 19.6 Å². The van der Waals surface area contributed by atoms with Gasteiger partial charge in [-0.15, -0.1) is 0 Å². The molecule has 2 aliphatic carbocycles. The smallest absolute Gasteiger partial charge is 0.251 e. The molecule has 2 saturated carbocycles. The molecule has 3 fully saturated rings. The van der Waals surface area contributed by atoms with Gasteiger partial charge >= 0.3 is 0 Å². The average molecular weight is 464 g/mol. The van der Waals surface area contributed by atoms with Crippen molar-refractivity contribution in [1.82, 2.24) is 10.2 Å². The number of benzene rings is 1. The molecule has 34 heavy (non-hydrogen) atoms. The Morgan fingerprint density at radius 3 is 2.47 bits per heavy atom. The second kappa shape index (κ2) is 10.3. The minimum atomic E-state index is -0.791. The van der Waals surface area contributed by atoms with E-state index in [1.54, 1.807) is 6.07 Å². The fraction of sp³-hybridized carbons (Fsp3) is 0.643. The van der Waals surface area contributed by atoms with Gasteiger partial charge in [0.1, 0.15) is 5.41 Å². The number of carbonyl (C=O) groups is 3. The molecule has 6 heteroatoms. The lowest BCUT2D eigenvalue weighted by atomic mass is 9.80. The monoisotopic (exact) mass is 463 g/mol. The molecule has 1 aliphatic heterocycles. The predicted octanol–water partition coefficient (Wildman–Crippen LogP) is 4.60. The molecule has 2 unspecified atom stereocenters. The Bertz CT molecular complexity index is 969. The SMILES string of the molecule is CC(C)C(=O)C(NC(=O)c1cccc(C2CCCN(C(=O)C3(C#N)CC3)C2)c1)C1CCCCC1. The van der Waals surface area contributed by atoms with Crippen molar-refractivity contribution in [2.24, 2.45) is 17.3 Å². The second-order valence-corrected chi connectivity index (χ2v) is 10.8. The highest BCUT2D eigenvalue weighted by Gasteiger charge is 2.53. The van der Waals surface area contributed by atoms with Crippen LogP contribution in [0.25, 0.3) is 0 Å². The predicted molar refractivity (Wildman–Crippen MR) is 130 cm³/mol. The summed E-state index contributed by atoms with van der Waals surface area (Å²) in [7, 11) is 0. The zero-order valence-corrected chi connectivity index (χ0v) is 20.5. The molecule has 1 saturated heterocycles. The number of amides is 2. The Morgan fingerprint density at radius 2 is 1.82 bits per heavy atom. The van der Waals surface area contributed by atoms with Gasteiger partial charge < -0.3 is 10.2 Å². The molecule has 0 spiro atoms. The van der Waals surface area contributed by atoms with Crippen molar-refractivity contribution in [2.45, 2.75) is 83.6 Å². The number of hydrogen-bond donors (Lipinski definition) is 1. The van der Waals surface area contributed by atoms with E-state index in [1.165, 1.54) is 6.42 Å². The third kappa shape index (κ3) is 5.19. The molecule has 2 amide bonds. The molecule has 182 valence electrons. The summed E-state index contributed by atoms with van der Waals surface area (Å²) in [5.41, 5.74) is 0.811. The van der Waals surface area contributed by atoms with E-state index in [2.05, 4.69) is 11.4 Å². The van der Waals surface area contributed by atoms with Crippen LogP contribution in [0.3, 0.4) is 0 Å². The standard InChI is InChI=1S/C28H37N3O3/c1-19(2)25(32)24(20-8-4-3-5-9-20)30-26(33)22-11-6-10-21(16-22)23-12-7-15-31(17-23)27(34)28(18-29)13-14-28/h6,10-11,16,19-20,23-24H,3-5,7-9,12-15,17H2,1-2H3,(H,30,33). The third-order valence-corrected chi connectivity index (χ3v) is 7.99. The second-order valence-electron chi connectivity index (χ2n) is 10.8. The molecule has 0 radical (unpaired) electrons. The van der Waals surface area contributed by atoms with Gasteiger partial charge in [-0.05, 0) is 62.1 Å². The summed E-state index contributed by atoms with van der Waals surface area (Å²) in [6, 6.07) is 9.42. The highest BCUT2D eigenvalue weighted by molar-refractivity contribution is 5.98. The number of rotatable bonds is 7. The van der Waals surface area contributed by atoms with Crippen LogP contribution in [0.5, 0.6) is 0 Å². The van der Waals surface area contributed by atoms with Crippen molar-refractivity contribution in [2.75, 3.05) is 13.1 Å². The lowest BCUT2D eigenvalue weighted by Gasteiger charge is -2.34. The van der Waals surface area contributed by atoms with Crippen molar-refractivity contribution in [3.05, 3.63) is 35.4 Å². The lowest BCUT2D eigenvalue weighted by molar-refractivity contribution is -0.136. The highest BCUT2D eigenvalue weighted by Crippen LogP contribution is 2.47. The Labute approximate surface area is 203 Å². The highest BCUT2D eigenvalue weighted by atomic mass is 16.2. The van der Waals surface area contributed by atoms with Crippen LogP contribution in [-0.2, 0) is 9.59 Å². The molecule has 1 aromatic carbocycles. The largest absolute Gasteiger partial charge is 0.342 e. The first-order valence-electron chi connectivity index (χ1n) is 13.0. The molecule has 2 atom stereocenters. The number of piperidine rings is 1. The van der Waals surface area contributed by atoms with Crippen LogP contribution in [0, 0.1) is 28.6 Å². The molecule has 1 aromatic rings. The number of nitrogens with one attached hydrogen (secondary N) is 1. The van der Waals surface area contributed by atoms with E-state index in [1.807, 2.05) is 36.9 Å². The number of hydrogen-bond acceptors (Lipinski definition) is 4. The number of Topliss-reactive ketones (excluding diaryl/α,β-unsaturated/α-hetero) is 1. The maximum absolute atomic E-state index is 13.2. The van der Waals surface area contributed by atoms with Crippen LogP contribution >= 0.6 is 0 Å². The first-order chi connectivity index (χ1) is 16.3. The Balaban J connectivity index is 1.46. The Morgan fingerprint density at radius 1 is 1.09 bits per heavy atom. The summed E-state index contributed by atoms with van der Waals surface area (Å²) in [6.45, 7) is 5.08. The quantitative estimate of drug-likeness (QED) is 0.640. The number of carbonyl (C=O) groups excluding carboxylic acids is 3. The van der Waals surface area contributed by atoms with Crippen molar-refractivity contribution in [1.29, 1.82) is 5.26 Å². The number of ketones is 1. The molecule has 1 heterocycles. The summed E-state index contributed by atoms with van der Waals surface area (Å²) < 4.78 is 0. The van der Waals surface area contributed by atoms with Gasteiger partial charge in [0.2, 0.25) is 5.91 Å². The number of nitriles is 1. The summed E-state index contributed by atoms with van der Waals surface area (Å²) >= 11 is 0. The first-order valence-corrected chi connectivity index (χ1v) is 13.0. The third-order valence-electron chi connectivity index (χ3n) is 7.99. The van der Waals surface area contributed by atoms with Gasteiger partial charge in [-0.25, -0.2) is 0 Å². The van der Waals surface area contributed by atoms with Crippen LogP contribution in [0.4, 0.5) is 0 Å². The molecule has 0 bridgehead atoms. The minimum Gasteiger partial charge on any atom is -0.342 e. The van der Waals surface area contributed by atoms with Crippen molar-refractivity contribution in [3.8, 4) is 6.07 Å². The minimum absolute atomic E-state index is 0.0314. The van der Waals surface area contributed by atoms with Gasteiger partial charge in [-0.3, -0.25) is 14.4 Å². The van der Waals surface area contributed by atoms with E-state index in [0.29, 0.717) is 31.5 Å². The van der Waals surface area contributed by atoms with Gasteiger partial charge in [-0.1, -0.05) is 45.2 Å². The summed E-state index contributed by atoms with van der Waals surface area (Å²) in [5.74, 6) is 0.125. The number of nitrogens with zero attached hydrogens (tertiary/aromatic N) is 2.